The Kier molecular flexibility index (Phi) is 5.77. The first-order chi connectivity index (χ1) is 10.6. The molecule has 1 fully saturated rings. The monoisotopic (exact) mass is 304 g/mol. The summed E-state index contributed by atoms with van der Waals surface area (Å²) in [5, 5.41) is 8.57. The zero-order chi connectivity index (χ0) is 15.9. The Hall–Kier alpha value is -2.08. The fourth-order valence-corrected chi connectivity index (χ4v) is 2.58. The third-order valence-electron chi connectivity index (χ3n) is 3.93. The number of aryl methyl sites for hydroxylation is 1. The second kappa shape index (κ2) is 7.79. The molecule has 0 bridgehead atoms. The molecule has 1 heterocycles. The fourth-order valence-electron chi connectivity index (χ4n) is 2.58. The number of hydrogen-bond acceptors (Lipinski definition) is 3. The van der Waals surface area contributed by atoms with Crippen molar-refractivity contribution in [2.45, 2.75) is 25.8 Å². The Bertz CT molecular complexity index is 525. The molecule has 0 aliphatic carbocycles. The van der Waals surface area contributed by atoms with Crippen molar-refractivity contribution in [2.24, 2.45) is 0 Å². The van der Waals surface area contributed by atoms with Gasteiger partial charge in [0.1, 0.15) is 0 Å². The van der Waals surface area contributed by atoms with Crippen LogP contribution in [0.1, 0.15) is 18.4 Å². The maximum atomic E-state index is 12.1. The van der Waals surface area contributed by atoms with Gasteiger partial charge in [-0.3, -0.25) is 4.79 Å². The summed E-state index contributed by atoms with van der Waals surface area (Å²) in [4.78, 5) is 25.7. The van der Waals surface area contributed by atoms with E-state index in [4.69, 9.17) is 0 Å². The van der Waals surface area contributed by atoms with E-state index in [2.05, 4.69) is 16.0 Å². The Balaban J connectivity index is 1.73. The molecule has 3 amide bonds. The van der Waals surface area contributed by atoms with Crippen LogP contribution in [0.15, 0.2) is 24.3 Å². The molecule has 6 nitrogen and oxygen atoms in total. The van der Waals surface area contributed by atoms with Gasteiger partial charge in [0.2, 0.25) is 5.91 Å². The molecule has 1 aliphatic heterocycles. The van der Waals surface area contributed by atoms with Crippen LogP contribution >= 0.6 is 0 Å². The first-order valence-electron chi connectivity index (χ1n) is 7.65. The SMILES string of the molecule is CNC1CCN(C(=O)CNC(=O)Nc2cccc(C)c2)CC1. The zero-order valence-corrected chi connectivity index (χ0v) is 13.2. The highest BCUT2D eigenvalue weighted by Gasteiger charge is 2.21. The average molecular weight is 304 g/mol. The molecule has 2 rings (SSSR count). The van der Waals surface area contributed by atoms with Crippen molar-refractivity contribution in [3.8, 4) is 0 Å². The first-order valence-corrected chi connectivity index (χ1v) is 7.65. The lowest BCUT2D eigenvalue weighted by Gasteiger charge is -2.31. The molecule has 0 saturated carbocycles. The minimum atomic E-state index is -0.357. The van der Waals surface area contributed by atoms with Crippen LogP contribution in [0.4, 0.5) is 10.5 Å². The van der Waals surface area contributed by atoms with E-state index in [1.807, 2.05) is 38.2 Å². The summed E-state index contributed by atoms with van der Waals surface area (Å²) < 4.78 is 0. The number of benzene rings is 1. The molecule has 6 heteroatoms. The largest absolute Gasteiger partial charge is 0.341 e. The van der Waals surface area contributed by atoms with Crippen molar-refractivity contribution in [2.75, 3.05) is 32.0 Å². The Morgan fingerprint density at radius 1 is 1.27 bits per heavy atom. The van der Waals surface area contributed by atoms with E-state index in [1.54, 1.807) is 4.90 Å². The van der Waals surface area contributed by atoms with Crippen LogP contribution in [-0.2, 0) is 4.79 Å². The predicted molar refractivity (Wildman–Crippen MR) is 86.9 cm³/mol. The molecule has 1 saturated heterocycles. The number of carbonyl (C=O) groups excluding carboxylic acids is 2. The molecule has 3 N–H and O–H groups in total. The number of hydrogen-bond donors (Lipinski definition) is 3. The number of likely N-dealkylation sites (tertiary alicyclic amines) is 1. The second-order valence-electron chi connectivity index (χ2n) is 5.62. The number of urea groups is 1. The molecule has 0 atom stereocenters. The smallest absolute Gasteiger partial charge is 0.319 e. The predicted octanol–water partition coefficient (Wildman–Crippen LogP) is 1.33. The molecule has 0 aromatic heterocycles. The Morgan fingerprint density at radius 3 is 2.64 bits per heavy atom. The van der Waals surface area contributed by atoms with E-state index in [0.717, 1.165) is 37.2 Å². The van der Waals surface area contributed by atoms with E-state index < -0.39 is 0 Å². The fraction of sp³-hybridized carbons (Fsp3) is 0.500. The molecule has 0 radical (unpaired) electrons. The van der Waals surface area contributed by atoms with E-state index in [-0.39, 0.29) is 18.5 Å². The van der Waals surface area contributed by atoms with Gasteiger partial charge in [0.05, 0.1) is 6.54 Å². The van der Waals surface area contributed by atoms with Gasteiger partial charge in [0.15, 0.2) is 0 Å². The van der Waals surface area contributed by atoms with Crippen LogP contribution in [-0.4, -0.2) is 49.6 Å². The van der Waals surface area contributed by atoms with Gasteiger partial charge in [-0.15, -0.1) is 0 Å². The lowest BCUT2D eigenvalue weighted by atomic mass is 10.1. The van der Waals surface area contributed by atoms with Gasteiger partial charge in [0, 0.05) is 24.8 Å². The maximum absolute atomic E-state index is 12.1. The molecule has 0 spiro atoms. The summed E-state index contributed by atoms with van der Waals surface area (Å²) in [5.74, 6) is -0.0334. The van der Waals surface area contributed by atoms with Gasteiger partial charge < -0.3 is 20.9 Å². The number of anilines is 1. The minimum Gasteiger partial charge on any atom is -0.341 e. The van der Waals surface area contributed by atoms with Gasteiger partial charge in [-0.05, 0) is 44.5 Å². The minimum absolute atomic E-state index is 0.0296. The molecule has 22 heavy (non-hydrogen) atoms. The van der Waals surface area contributed by atoms with Crippen LogP contribution in [0.2, 0.25) is 0 Å². The molecule has 0 unspecified atom stereocenters. The first kappa shape index (κ1) is 16.3. The number of nitrogens with zero attached hydrogens (tertiary/aromatic N) is 1. The van der Waals surface area contributed by atoms with Gasteiger partial charge >= 0.3 is 6.03 Å². The number of rotatable bonds is 4. The number of piperidine rings is 1. The van der Waals surface area contributed by atoms with Crippen LogP contribution in [0, 0.1) is 6.92 Å². The Labute approximate surface area is 131 Å². The van der Waals surface area contributed by atoms with E-state index in [1.165, 1.54) is 0 Å². The number of amides is 3. The van der Waals surface area contributed by atoms with Crippen molar-refractivity contribution >= 4 is 17.6 Å². The average Bonchev–Trinajstić information content (AvgIpc) is 2.52. The molecule has 1 aromatic carbocycles. The quantitative estimate of drug-likeness (QED) is 0.785. The van der Waals surface area contributed by atoms with Gasteiger partial charge in [-0.2, -0.15) is 0 Å². The van der Waals surface area contributed by atoms with Gasteiger partial charge in [0.25, 0.3) is 0 Å². The summed E-state index contributed by atoms with van der Waals surface area (Å²) in [6.07, 6.45) is 1.91. The van der Waals surface area contributed by atoms with Crippen LogP contribution in [0.3, 0.4) is 0 Å². The van der Waals surface area contributed by atoms with Crippen LogP contribution in [0.5, 0.6) is 0 Å². The summed E-state index contributed by atoms with van der Waals surface area (Å²) in [7, 11) is 1.94. The zero-order valence-electron chi connectivity index (χ0n) is 13.2. The summed E-state index contributed by atoms with van der Waals surface area (Å²) >= 11 is 0. The van der Waals surface area contributed by atoms with Crippen LogP contribution < -0.4 is 16.0 Å². The highest BCUT2D eigenvalue weighted by atomic mass is 16.2. The standard InChI is InChI=1S/C16H24N4O2/c1-12-4-3-5-14(10-12)19-16(22)18-11-15(21)20-8-6-13(17-2)7-9-20/h3-5,10,13,17H,6-9,11H2,1-2H3,(H2,18,19,22). The molecule has 1 aliphatic rings. The second-order valence-corrected chi connectivity index (χ2v) is 5.62. The van der Waals surface area contributed by atoms with E-state index in [0.29, 0.717) is 6.04 Å². The molecule has 1 aromatic rings. The maximum Gasteiger partial charge on any atom is 0.319 e. The number of nitrogens with one attached hydrogen (secondary N) is 3. The number of carbonyl (C=O) groups is 2. The van der Waals surface area contributed by atoms with Crippen molar-refractivity contribution in [1.82, 2.24) is 15.5 Å². The molecular formula is C16H24N4O2. The molecule has 120 valence electrons. The Morgan fingerprint density at radius 2 is 2.00 bits per heavy atom. The third kappa shape index (κ3) is 4.73. The topological polar surface area (TPSA) is 73.5 Å². The van der Waals surface area contributed by atoms with Crippen molar-refractivity contribution in [1.29, 1.82) is 0 Å². The van der Waals surface area contributed by atoms with E-state index >= 15 is 0 Å². The van der Waals surface area contributed by atoms with Crippen LogP contribution in [0.25, 0.3) is 0 Å². The lowest BCUT2D eigenvalue weighted by Crippen LogP contribution is -2.47. The third-order valence-corrected chi connectivity index (χ3v) is 3.93. The van der Waals surface area contributed by atoms with Gasteiger partial charge in [-0.1, -0.05) is 12.1 Å². The molecular weight excluding hydrogens is 280 g/mol. The van der Waals surface area contributed by atoms with Crippen molar-refractivity contribution in [3.05, 3.63) is 29.8 Å². The highest BCUT2D eigenvalue weighted by Crippen LogP contribution is 2.10. The van der Waals surface area contributed by atoms with E-state index in [9.17, 15) is 9.59 Å². The highest BCUT2D eigenvalue weighted by molar-refractivity contribution is 5.92. The summed E-state index contributed by atoms with van der Waals surface area (Å²) in [5.41, 5.74) is 1.79. The van der Waals surface area contributed by atoms with Crippen molar-refractivity contribution < 1.29 is 9.59 Å². The summed E-state index contributed by atoms with van der Waals surface area (Å²) in [6.45, 7) is 3.47. The lowest BCUT2D eigenvalue weighted by molar-refractivity contribution is -0.131. The normalized spacial score (nSPS) is 15.5. The van der Waals surface area contributed by atoms with Crippen molar-refractivity contribution in [3.63, 3.8) is 0 Å². The summed E-state index contributed by atoms with van der Waals surface area (Å²) in [6, 6.07) is 7.66. The van der Waals surface area contributed by atoms with Gasteiger partial charge in [-0.25, -0.2) is 4.79 Å².